The minimum Gasteiger partial charge on any atom is -0.507 e. The number of ether oxygens (including phenoxy) is 1. The molecule has 2 aromatic heterocycles. The van der Waals surface area contributed by atoms with Gasteiger partial charge in [0, 0.05) is 30.4 Å². The maximum absolute atomic E-state index is 14.6. The first kappa shape index (κ1) is 22.9. The van der Waals surface area contributed by atoms with Crippen LogP contribution in [0.3, 0.4) is 0 Å². The zero-order valence-corrected chi connectivity index (χ0v) is 17.2. The highest BCUT2D eigenvalue weighted by Gasteiger charge is 2.31. The number of aromatic hydroxyl groups is 1. The number of halogens is 5. The number of nitrogens with one attached hydrogen (secondary N) is 1. The third kappa shape index (κ3) is 4.93. The van der Waals surface area contributed by atoms with Crippen molar-refractivity contribution >= 4 is 23.9 Å². The van der Waals surface area contributed by atoms with Gasteiger partial charge in [0.05, 0.1) is 0 Å². The Kier molecular flexibility index (Phi) is 6.46. The molecule has 2 N–H and O–H groups in total. The van der Waals surface area contributed by atoms with Gasteiger partial charge >= 0.3 is 6.36 Å². The number of rotatable bonds is 4. The fraction of sp³-hybridized carbons (Fsp3) is 0.368. The van der Waals surface area contributed by atoms with E-state index < -0.39 is 23.7 Å². The molecule has 1 aromatic carbocycles. The predicted molar refractivity (Wildman–Crippen MR) is 108 cm³/mol. The van der Waals surface area contributed by atoms with Gasteiger partial charge in [-0.1, -0.05) is 0 Å². The highest BCUT2D eigenvalue weighted by atomic mass is 35.5. The second-order valence-corrected chi connectivity index (χ2v) is 7.23. The molecule has 1 fully saturated rings. The van der Waals surface area contributed by atoms with Crippen LogP contribution in [0.4, 0.5) is 23.5 Å². The normalized spacial score (nSPS) is 17.4. The molecule has 1 aliphatic rings. The SMILES string of the molecule is CN1CCC[C@@H](Nc2nnc(-c3ccc(OC(F)(F)F)cc3O)c3c(F)ccn23)C1.Cl. The number of nitrogens with zero attached hydrogens (tertiary/aromatic N) is 4. The standard InChI is InChI=1S/C19H19F4N5O2.ClH/c1-27-7-2-3-11(10-27)24-18-26-25-16(17-14(20)6-8-28(17)18)13-5-4-12(9-15(13)29)30-19(21,22)23;/h4-6,8-9,11,29H,2-3,7,10H2,1H3,(H,24,26);1H/t11-;/m1./s1. The van der Waals surface area contributed by atoms with Crippen LogP contribution in [0.5, 0.6) is 11.5 Å². The Morgan fingerprint density at radius 1 is 1.23 bits per heavy atom. The number of alkyl halides is 3. The molecule has 4 rings (SSSR count). The van der Waals surface area contributed by atoms with Gasteiger partial charge in [-0.25, -0.2) is 4.39 Å². The van der Waals surface area contributed by atoms with Crippen molar-refractivity contribution in [1.29, 1.82) is 0 Å². The Bertz CT molecular complexity index is 1080. The first-order valence-corrected chi connectivity index (χ1v) is 9.29. The molecule has 3 heterocycles. The molecular formula is C19H20ClF4N5O2. The largest absolute Gasteiger partial charge is 0.573 e. The topological polar surface area (TPSA) is 74.9 Å². The fourth-order valence-corrected chi connectivity index (χ4v) is 3.66. The zero-order valence-electron chi connectivity index (χ0n) is 16.4. The Hall–Kier alpha value is -2.79. The Labute approximate surface area is 181 Å². The van der Waals surface area contributed by atoms with Crippen molar-refractivity contribution in [2.45, 2.75) is 25.2 Å². The number of anilines is 1. The molecular weight excluding hydrogens is 442 g/mol. The molecule has 168 valence electrons. The summed E-state index contributed by atoms with van der Waals surface area (Å²) in [6.07, 6.45) is -1.46. The minimum absolute atomic E-state index is 0. The zero-order chi connectivity index (χ0) is 21.5. The third-order valence-electron chi connectivity index (χ3n) is 4.95. The lowest BCUT2D eigenvalue weighted by Gasteiger charge is -2.30. The van der Waals surface area contributed by atoms with Crippen LogP contribution in [-0.4, -0.2) is 57.1 Å². The quantitative estimate of drug-likeness (QED) is 0.571. The summed E-state index contributed by atoms with van der Waals surface area (Å²) in [6, 6.07) is 4.34. The second-order valence-electron chi connectivity index (χ2n) is 7.23. The monoisotopic (exact) mass is 461 g/mol. The van der Waals surface area contributed by atoms with Gasteiger partial charge in [-0.2, -0.15) is 0 Å². The van der Waals surface area contributed by atoms with Crippen LogP contribution in [0.25, 0.3) is 16.8 Å². The highest BCUT2D eigenvalue weighted by Crippen LogP contribution is 2.36. The van der Waals surface area contributed by atoms with Gasteiger partial charge in [0.25, 0.3) is 0 Å². The van der Waals surface area contributed by atoms with Gasteiger partial charge in [0.15, 0.2) is 5.82 Å². The number of hydrogen-bond donors (Lipinski definition) is 2. The van der Waals surface area contributed by atoms with Crippen LogP contribution in [0.1, 0.15) is 12.8 Å². The van der Waals surface area contributed by atoms with Gasteiger partial charge in [-0.3, -0.25) is 4.40 Å². The number of phenolic OH excluding ortho intramolecular Hbond substituents is 1. The van der Waals surface area contributed by atoms with Gasteiger partial charge in [-0.05, 0) is 44.6 Å². The van der Waals surface area contributed by atoms with Crippen molar-refractivity contribution < 1.29 is 27.4 Å². The molecule has 0 unspecified atom stereocenters. The maximum Gasteiger partial charge on any atom is 0.573 e. The summed E-state index contributed by atoms with van der Waals surface area (Å²) < 4.78 is 57.0. The summed E-state index contributed by atoms with van der Waals surface area (Å²) in [7, 11) is 2.02. The molecule has 3 aromatic rings. The van der Waals surface area contributed by atoms with Crippen LogP contribution >= 0.6 is 12.4 Å². The summed E-state index contributed by atoms with van der Waals surface area (Å²) in [5.41, 5.74) is 0.0832. The number of likely N-dealkylation sites (N-methyl/N-ethyl adjacent to an activating group) is 1. The Morgan fingerprint density at radius 2 is 2.00 bits per heavy atom. The molecule has 0 saturated carbocycles. The van der Waals surface area contributed by atoms with E-state index in [-0.39, 0.29) is 35.2 Å². The summed E-state index contributed by atoms with van der Waals surface area (Å²) in [4.78, 5) is 2.18. The molecule has 7 nitrogen and oxygen atoms in total. The lowest BCUT2D eigenvalue weighted by atomic mass is 10.1. The van der Waals surface area contributed by atoms with Gasteiger partial charge in [0.2, 0.25) is 5.95 Å². The van der Waals surface area contributed by atoms with E-state index in [9.17, 15) is 22.7 Å². The smallest absolute Gasteiger partial charge is 0.507 e. The van der Waals surface area contributed by atoms with Crippen LogP contribution in [-0.2, 0) is 0 Å². The van der Waals surface area contributed by atoms with Crippen molar-refractivity contribution in [3.05, 3.63) is 36.3 Å². The van der Waals surface area contributed by atoms with E-state index in [1.807, 2.05) is 7.05 Å². The van der Waals surface area contributed by atoms with E-state index in [2.05, 4.69) is 25.2 Å². The van der Waals surface area contributed by atoms with E-state index in [1.165, 1.54) is 22.7 Å². The number of phenols is 1. The molecule has 0 radical (unpaired) electrons. The molecule has 0 amide bonds. The average molecular weight is 462 g/mol. The predicted octanol–water partition coefficient (Wildman–Crippen LogP) is 4.07. The van der Waals surface area contributed by atoms with Crippen LogP contribution in [0.2, 0.25) is 0 Å². The number of benzene rings is 1. The molecule has 31 heavy (non-hydrogen) atoms. The summed E-state index contributed by atoms with van der Waals surface area (Å²) in [6.45, 7) is 1.81. The Balaban J connectivity index is 0.00000272. The maximum atomic E-state index is 14.6. The van der Waals surface area contributed by atoms with Crippen molar-refractivity contribution in [3.8, 4) is 22.8 Å². The van der Waals surface area contributed by atoms with Gasteiger partial charge in [0.1, 0.15) is 22.7 Å². The summed E-state index contributed by atoms with van der Waals surface area (Å²) in [5, 5.41) is 21.7. The molecule has 12 heteroatoms. The van der Waals surface area contributed by atoms with Crippen LogP contribution in [0.15, 0.2) is 30.5 Å². The number of aromatic nitrogens is 3. The first-order chi connectivity index (χ1) is 14.2. The summed E-state index contributed by atoms with van der Waals surface area (Å²) in [5.74, 6) is -1.39. The van der Waals surface area contributed by atoms with E-state index in [4.69, 9.17) is 0 Å². The molecule has 1 atom stereocenters. The Morgan fingerprint density at radius 3 is 2.68 bits per heavy atom. The first-order valence-electron chi connectivity index (χ1n) is 9.29. The molecule has 0 bridgehead atoms. The molecule has 0 aliphatic carbocycles. The van der Waals surface area contributed by atoms with Gasteiger partial charge < -0.3 is 20.1 Å². The molecule has 1 saturated heterocycles. The lowest BCUT2D eigenvalue weighted by Crippen LogP contribution is -2.40. The number of fused-ring (bicyclic) bond motifs is 1. The van der Waals surface area contributed by atoms with Crippen molar-refractivity contribution in [2.75, 3.05) is 25.5 Å². The fourth-order valence-electron chi connectivity index (χ4n) is 3.66. The van der Waals surface area contributed by atoms with E-state index in [1.54, 1.807) is 0 Å². The number of hydrogen-bond acceptors (Lipinski definition) is 6. The average Bonchev–Trinajstić information content (AvgIpc) is 3.04. The van der Waals surface area contributed by atoms with Crippen molar-refractivity contribution in [3.63, 3.8) is 0 Å². The molecule has 1 aliphatic heterocycles. The van der Waals surface area contributed by atoms with Crippen LogP contribution in [0, 0.1) is 5.82 Å². The number of piperidine rings is 1. The van der Waals surface area contributed by atoms with Gasteiger partial charge in [-0.15, -0.1) is 35.8 Å². The van der Waals surface area contributed by atoms with E-state index >= 15 is 0 Å². The lowest BCUT2D eigenvalue weighted by molar-refractivity contribution is -0.274. The van der Waals surface area contributed by atoms with E-state index in [0.717, 1.165) is 38.1 Å². The second kappa shape index (κ2) is 8.75. The third-order valence-corrected chi connectivity index (χ3v) is 4.95. The summed E-state index contributed by atoms with van der Waals surface area (Å²) >= 11 is 0. The van der Waals surface area contributed by atoms with Crippen molar-refractivity contribution in [1.82, 2.24) is 19.5 Å². The van der Waals surface area contributed by atoms with Crippen LogP contribution < -0.4 is 10.1 Å². The van der Waals surface area contributed by atoms with E-state index in [0.29, 0.717) is 5.95 Å². The van der Waals surface area contributed by atoms with Crippen molar-refractivity contribution in [2.24, 2.45) is 0 Å². The minimum atomic E-state index is -4.89. The number of likely N-dealkylation sites (tertiary alicyclic amines) is 1. The highest BCUT2D eigenvalue weighted by molar-refractivity contribution is 5.85. The molecule has 0 spiro atoms.